The fourth-order valence-electron chi connectivity index (χ4n) is 1.89. The lowest BCUT2D eigenvalue weighted by molar-refractivity contribution is 0.828. The number of rotatable bonds is 3. The molecule has 0 atom stereocenters. The Morgan fingerprint density at radius 2 is 1.72 bits per heavy atom. The standard InChI is InChI=1S/C15H19N3/c1-11(2)13-7-5-8-14(12(3)4)15(13)9-6-10-17-18-16/h5,7-8,11-12H,10H2,1-4H3. The third kappa shape index (κ3) is 3.55. The highest BCUT2D eigenvalue weighted by molar-refractivity contribution is 5.50. The summed E-state index contributed by atoms with van der Waals surface area (Å²) in [5.74, 6) is 6.96. The van der Waals surface area contributed by atoms with Crippen LogP contribution in [-0.4, -0.2) is 6.54 Å². The van der Waals surface area contributed by atoms with Crippen LogP contribution in [0.25, 0.3) is 10.4 Å². The van der Waals surface area contributed by atoms with Gasteiger partial charge in [0, 0.05) is 10.5 Å². The SMILES string of the molecule is CC(C)c1cccc(C(C)C)c1C#CCN=[N+]=[N-]. The van der Waals surface area contributed by atoms with Crippen LogP contribution in [0.15, 0.2) is 23.3 Å². The van der Waals surface area contributed by atoms with Crippen LogP contribution in [0, 0.1) is 11.8 Å². The van der Waals surface area contributed by atoms with Gasteiger partial charge >= 0.3 is 0 Å². The summed E-state index contributed by atoms with van der Waals surface area (Å²) in [6, 6.07) is 6.32. The predicted molar refractivity (Wildman–Crippen MR) is 75.5 cm³/mol. The molecule has 0 aliphatic rings. The van der Waals surface area contributed by atoms with Gasteiger partial charge in [-0.3, -0.25) is 0 Å². The van der Waals surface area contributed by atoms with E-state index in [4.69, 9.17) is 5.53 Å². The Morgan fingerprint density at radius 1 is 1.17 bits per heavy atom. The van der Waals surface area contributed by atoms with Crippen LogP contribution >= 0.6 is 0 Å². The summed E-state index contributed by atoms with van der Waals surface area (Å²) in [5.41, 5.74) is 11.9. The molecule has 0 aromatic heterocycles. The van der Waals surface area contributed by atoms with Crippen LogP contribution in [-0.2, 0) is 0 Å². The number of hydrogen-bond donors (Lipinski definition) is 0. The molecule has 0 aliphatic heterocycles. The van der Waals surface area contributed by atoms with E-state index >= 15 is 0 Å². The van der Waals surface area contributed by atoms with Crippen molar-refractivity contribution in [2.75, 3.05) is 6.54 Å². The molecule has 1 aromatic carbocycles. The van der Waals surface area contributed by atoms with E-state index in [1.165, 1.54) is 11.1 Å². The Hall–Kier alpha value is -1.91. The average Bonchev–Trinajstić information content (AvgIpc) is 2.34. The molecule has 0 bridgehead atoms. The van der Waals surface area contributed by atoms with Gasteiger partial charge in [-0.25, -0.2) is 0 Å². The van der Waals surface area contributed by atoms with E-state index in [2.05, 4.69) is 67.8 Å². The number of benzene rings is 1. The third-order valence-corrected chi connectivity index (χ3v) is 2.80. The van der Waals surface area contributed by atoms with Crippen LogP contribution in [0.2, 0.25) is 0 Å². The van der Waals surface area contributed by atoms with E-state index in [0.717, 1.165) is 5.56 Å². The van der Waals surface area contributed by atoms with E-state index in [9.17, 15) is 0 Å². The van der Waals surface area contributed by atoms with E-state index in [1.807, 2.05) is 0 Å². The van der Waals surface area contributed by atoms with Crippen LogP contribution in [0.1, 0.15) is 56.2 Å². The smallest absolute Gasteiger partial charge is 0.0880 e. The quantitative estimate of drug-likeness (QED) is 0.321. The third-order valence-electron chi connectivity index (χ3n) is 2.80. The lowest BCUT2D eigenvalue weighted by Crippen LogP contribution is -2.00. The summed E-state index contributed by atoms with van der Waals surface area (Å²) in [4.78, 5) is 2.70. The van der Waals surface area contributed by atoms with Gasteiger partial charge < -0.3 is 0 Å². The zero-order chi connectivity index (χ0) is 13.5. The molecule has 0 spiro atoms. The maximum Gasteiger partial charge on any atom is 0.0880 e. The highest BCUT2D eigenvalue weighted by atomic mass is 15.1. The van der Waals surface area contributed by atoms with Crippen molar-refractivity contribution in [2.24, 2.45) is 5.11 Å². The molecule has 0 radical (unpaired) electrons. The van der Waals surface area contributed by atoms with Gasteiger partial charge in [0.15, 0.2) is 0 Å². The van der Waals surface area contributed by atoms with Gasteiger partial charge in [-0.2, -0.15) is 0 Å². The molecule has 0 aliphatic carbocycles. The number of hydrogen-bond acceptors (Lipinski definition) is 1. The molecule has 0 saturated carbocycles. The van der Waals surface area contributed by atoms with Crippen molar-refractivity contribution in [3.63, 3.8) is 0 Å². The summed E-state index contributed by atoms with van der Waals surface area (Å²) in [5, 5.41) is 3.44. The van der Waals surface area contributed by atoms with Gasteiger partial charge in [0.1, 0.15) is 0 Å². The second-order valence-electron chi connectivity index (χ2n) is 4.81. The first-order chi connectivity index (χ1) is 8.57. The second-order valence-corrected chi connectivity index (χ2v) is 4.81. The maximum atomic E-state index is 8.24. The minimum Gasteiger partial charge on any atom is -0.0919 e. The molecule has 1 aromatic rings. The van der Waals surface area contributed by atoms with Gasteiger partial charge in [0.2, 0.25) is 0 Å². The Bertz CT molecular complexity index is 486. The molecule has 1 rings (SSSR count). The fourth-order valence-corrected chi connectivity index (χ4v) is 1.89. The Labute approximate surface area is 109 Å². The largest absolute Gasteiger partial charge is 0.0919 e. The Morgan fingerprint density at radius 3 is 2.17 bits per heavy atom. The first-order valence-corrected chi connectivity index (χ1v) is 6.20. The number of azide groups is 1. The monoisotopic (exact) mass is 241 g/mol. The summed E-state index contributed by atoms with van der Waals surface area (Å²) in [6.07, 6.45) is 0. The topological polar surface area (TPSA) is 48.8 Å². The summed E-state index contributed by atoms with van der Waals surface area (Å²) < 4.78 is 0. The van der Waals surface area contributed by atoms with Crippen molar-refractivity contribution in [3.05, 3.63) is 45.3 Å². The molecule has 18 heavy (non-hydrogen) atoms. The molecule has 0 saturated heterocycles. The van der Waals surface area contributed by atoms with Crippen molar-refractivity contribution in [1.29, 1.82) is 0 Å². The van der Waals surface area contributed by atoms with Gasteiger partial charge in [-0.05, 0) is 28.5 Å². The molecule has 0 N–H and O–H groups in total. The lowest BCUT2D eigenvalue weighted by Gasteiger charge is -2.15. The Kier molecular flexibility index (Phi) is 5.30. The molecule has 0 unspecified atom stereocenters. The Balaban J connectivity index is 3.25. The van der Waals surface area contributed by atoms with Crippen LogP contribution in [0.5, 0.6) is 0 Å². The normalized spacial score (nSPS) is 9.89. The predicted octanol–water partition coefficient (Wildman–Crippen LogP) is 4.60. The van der Waals surface area contributed by atoms with E-state index in [1.54, 1.807) is 0 Å². The first-order valence-electron chi connectivity index (χ1n) is 6.20. The molecule has 94 valence electrons. The minimum atomic E-state index is 0.223. The summed E-state index contributed by atoms with van der Waals surface area (Å²) >= 11 is 0. The van der Waals surface area contributed by atoms with E-state index < -0.39 is 0 Å². The van der Waals surface area contributed by atoms with Crippen molar-refractivity contribution in [3.8, 4) is 11.8 Å². The van der Waals surface area contributed by atoms with E-state index in [-0.39, 0.29) is 6.54 Å². The molecule has 0 amide bonds. The van der Waals surface area contributed by atoms with Crippen molar-refractivity contribution in [2.45, 2.75) is 39.5 Å². The molecular formula is C15H19N3. The highest BCUT2D eigenvalue weighted by Crippen LogP contribution is 2.26. The molecular weight excluding hydrogens is 222 g/mol. The fraction of sp³-hybridized carbons (Fsp3) is 0.467. The highest BCUT2D eigenvalue weighted by Gasteiger charge is 2.11. The summed E-state index contributed by atoms with van der Waals surface area (Å²) in [7, 11) is 0. The van der Waals surface area contributed by atoms with Crippen LogP contribution in [0.4, 0.5) is 0 Å². The van der Waals surface area contributed by atoms with Gasteiger partial charge in [0.25, 0.3) is 0 Å². The van der Waals surface area contributed by atoms with Crippen molar-refractivity contribution in [1.82, 2.24) is 0 Å². The van der Waals surface area contributed by atoms with Gasteiger partial charge in [-0.1, -0.05) is 62.8 Å². The molecule has 3 nitrogen and oxygen atoms in total. The lowest BCUT2D eigenvalue weighted by atomic mass is 9.89. The minimum absolute atomic E-state index is 0.223. The maximum absolute atomic E-state index is 8.24. The first kappa shape index (κ1) is 14.2. The summed E-state index contributed by atoms with van der Waals surface area (Å²) in [6.45, 7) is 8.88. The van der Waals surface area contributed by atoms with Gasteiger partial charge in [0.05, 0.1) is 6.54 Å². The van der Waals surface area contributed by atoms with Crippen molar-refractivity contribution < 1.29 is 0 Å². The van der Waals surface area contributed by atoms with E-state index in [0.29, 0.717) is 11.8 Å². The second kappa shape index (κ2) is 6.74. The van der Waals surface area contributed by atoms with Crippen LogP contribution < -0.4 is 0 Å². The number of nitrogens with zero attached hydrogens (tertiary/aromatic N) is 3. The van der Waals surface area contributed by atoms with Crippen molar-refractivity contribution >= 4 is 0 Å². The average molecular weight is 241 g/mol. The zero-order valence-electron chi connectivity index (χ0n) is 11.4. The molecule has 3 heteroatoms. The molecule has 0 heterocycles. The molecule has 0 fully saturated rings. The van der Waals surface area contributed by atoms with Gasteiger partial charge in [-0.15, -0.1) is 0 Å². The van der Waals surface area contributed by atoms with Crippen LogP contribution in [0.3, 0.4) is 0 Å². The zero-order valence-corrected chi connectivity index (χ0v) is 11.4.